The predicted octanol–water partition coefficient (Wildman–Crippen LogP) is 0.852. The summed E-state index contributed by atoms with van der Waals surface area (Å²) in [6, 6.07) is 3.36. The van der Waals surface area contributed by atoms with Crippen molar-refractivity contribution in [1.82, 2.24) is 9.47 Å². The number of nitrogens with zero attached hydrogens (tertiary/aromatic N) is 2. The number of Topliss-reactive ketones (excluding diaryl/α,β-unsaturated/α-hetero) is 1. The lowest BCUT2D eigenvalue weighted by molar-refractivity contribution is -0.111. The van der Waals surface area contributed by atoms with E-state index in [1.807, 2.05) is 0 Å². The molecule has 80 valence electrons. The Kier molecular flexibility index (Phi) is 3.44. The molecule has 0 unspecified atom stereocenters. The smallest absolute Gasteiger partial charge is 0.249 e. The number of carbonyl (C=O) groups is 2. The molecule has 0 aliphatic rings. The highest BCUT2D eigenvalue weighted by Gasteiger charge is 2.15. The first-order chi connectivity index (χ1) is 7.02. The minimum atomic E-state index is -0.509. The summed E-state index contributed by atoms with van der Waals surface area (Å²) in [4.78, 5) is 24.7. The van der Waals surface area contributed by atoms with Gasteiger partial charge >= 0.3 is 0 Å². The number of hydrogen-bond donors (Lipinski definition) is 0. The maximum absolute atomic E-state index is 11.6. The van der Waals surface area contributed by atoms with Crippen LogP contribution in [-0.4, -0.2) is 35.1 Å². The van der Waals surface area contributed by atoms with Gasteiger partial charge in [-0.1, -0.05) is 0 Å². The van der Waals surface area contributed by atoms with Gasteiger partial charge in [0.25, 0.3) is 0 Å². The summed E-state index contributed by atoms with van der Waals surface area (Å²) in [5.41, 5.74) is 0.406. The molecule has 0 atom stereocenters. The van der Waals surface area contributed by atoms with Crippen molar-refractivity contribution in [1.29, 1.82) is 0 Å². The molecule has 1 rings (SSSR count). The third-order valence-electron chi connectivity index (χ3n) is 1.92. The van der Waals surface area contributed by atoms with Crippen LogP contribution in [0.1, 0.15) is 10.5 Å². The molecule has 0 fully saturated rings. The van der Waals surface area contributed by atoms with Crippen LogP contribution in [0.15, 0.2) is 30.6 Å². The SMILES string of the molecule is CN(C)/C=C/C(=O)C(=O)c1cccn1C. The molecule has 1 aromatic rings. The van der Waals surface area contributed by atoms with Crippen molar-refractivity contribution in [3.63, 3.8) is 0 Å². The fourth-order valence-corrected chi connectivity index (χ4v) is 1.12. The van der Waals surface area contributed by atoms with E-state index in [0.29, 0.717) is 5.69 Å². The highest BCUT2D eigenvalue weighted by atomic mass is 16.2. The van der Waals surface area contributed by atoms with Gasteiger partial charge in [0.15, 0.2) is 0 Å². The molecule has 1 heterocycles. The lowest BCUT2D eigenvalue weighted by atomic mass is 10.2. The summed E-state index contributed by atoms with van der Waals surface area (Å²) in [6.45, 7) is 0. The van der Waals surface area contributed by atoms with E-state index < -0.39 is 11.6 Å². The highest BCUT2D eigenvalue weighted by Crippen LogP contribution is 2.02. The molecule has 0 spiro atoms. The second-order valence-electron chi connectivity index (χ2n) is 3.48. The van der Waals surface area contributed by atoms with E-state index in [0.717, 1.165) is 0 Å². The molecule has 15 heavy (non-hydrogen) atoms. The number of allylic oxidation sites excluding steroid dienone is 1. The Hall–Kier alpha value is -1.84. The van der Waals surface area contributed by atoms with Crippen molar-refractivity contribution in [3.8, 4) is 0 Å². The van der Waals surface area contributed by atoms with Crippen LogP contribution in [0.2, 0.25) is 0 Å². The van der Waals surface area contributed by atoms with Gasteiger partial charge in [0, 0.05) is 39.6 Å². The van der Waals surface area contributed by atoms with Crippen molar-refractivity contribution < 1.29 is 9.59 Å². The van der Waals surface area contributed by atoms with Crippen molar-refractivity contribution in [2.75, 3.05) is 14.1 Å². The second kappa shape index (κ2) is 4.59. The quantitative estimate of drug-likeness (QED) is 0.417. The van der Waals surface area contributed by atoms with E-state index in [1.165, 1.54) is 6.08 Å². The third-order valence-corrected chi connectivity index (χ3v) is 1.92. The van der Waals surface area contributed by atoms with Crippen LogP contribution in [0, 0.1) is 0 Å². The Labute approximate surface area is 88.8 Å². The van der Waals surface area contributed by atoms with E-state index in [9.17, 15) is 9.59 Å². The molecule has 0 saturated carbocycles. The van der Waals surface area contributed by atoms with Gasteiger partial charge in [-0.15, -0.1) is 0 Å². The van der Waals surface area contributed by atoms with Gasteiger partial charge in [0.05, 0.1) is 5.69 Å². The largest absolute Gasteiger partial charge is 0.383 e. The van der Waals surface area contributed by atoms with Crippen LogP contribution < -0.4 is 0 Å². The summed E-state index contributed by atoms with van der Waals surface area (Å²) < 4.78 is 1.63. The Morgan fingerprint density at radius 1 is 1.40 bits per heavy atom. The molecule has 0 aromatic carbocycles. The summed E-state index contributed by atoms with van der Waals surface area (Å²) in [7, 11) is 5.31. The molecule has 0 aliphatic carbocycles. The van der Waals surface area contributed by atoms with E-state index in [1.54, 1.807) is 55.1 Å². The first-order valence-electron chi connectivity index (χ1n) is 4.57. The number of carbonyl (C=O) groups excluding carboxylic acids is 2. The highest BCUT2D eigenvalue weighted by molar-refractivity contribution is 6.47. The van der Waals surface area contributed by atoms with E-state index in [4.69, 9.17) is 0 Å². The maximum Gasteiger partial charge on any atom is 0.249 e. The topological polar surface area (TPSA) is 42.3 Å². The number of hydrogen-bond acceptors (Lipinski definition) is 3. The molecule has 0 aliphatic heterocycles. The number of aromatic nitrogens is 1. The molecule has 0 saturated heterocycles. The lowest BCUT2D eigenvalue weighted by Crippen LogP contribution is -2.15. The van der Waals surface area contributed by atoms with Crippen LogP contribution in [-0.2, 0) is 11.8 Å². The monoisotopic (exact) mass is 206 g/mol. The van der Waals surface area contributed by atoms with E-state index in [2.05, 4.69) is 0 Å². The average molecular weight is 206 g/mol. The van der Waals surface area contributed by atoms with Crippen LogP contribution in [0.4, 0.5) is 0 Å². The van der Waals surface area contributed by atoms with E-state index >= 15 is 0 Å². The second-order valence-corrected chi connectivity index (χ2v) is 3.48. The van der Waals surface area contributed by atoms with Gasteiger partial charge in [0.2, 0.25) is 11.6 Å². The molecule has 0 radical (unpaired) electrons. The summed E-state index contributed by atoms with van der Waals surface area (Å²) in [5, 5.41) is 0. The maximum atomic E-state index is 11.6. The van der Waals surface area contributed by atoms with Gasteiger partial charge in [-0.3, -0.25) is 9.59 Å². The molecule has 4 nitrogen and oxygen atoms in total. The molecule has 0 amide bonds. The lowest BCUT2D eigenvalue weighted by Gasteiger charge is -2.02. The standard InChI is InChI=1S/C11H14N2O2/c1-12(2)8-6-10(14)11(15)9-5-4-7-13(9)3/h4-8H,1-3H3/b8-6+. The average Bonchev–Trinajstić information content (AvgIpc) is 2.59. The van der Waals surface area contributed by atoms with Crippen LogP contribution in [0.3, 0.4) is 0 Å². The normalized spacial score (nSPS) is 10.6. The van der Waals surface area contributed by atoms with Gasteiger partial charge in [-0.25, -0.2) is 0 Å². The zero-order chi connectivity index (χ0) is 11.4. The Bertz CT molecular complexity index is 402. The minimum Gasteiger partial charge on any atom is -0.383 e. The molecular formula is C11H14N2O2. The number of rotatable bonds is 4. The van der Waals surface area contributed by atoms with Crippen LogP contribution in [0.5, 0.6) is 0 Å². The fraction of sp³-hybridized carbons (Fsp3) is 0.273. The van der Waals surface area contributed by atoms with Crippen LogP contribution in [0.25, 0.3) is 0 Å². The van der Waals surface area contributed by atoms with Gasteiger partial charge in [-0.05, 0) is 12.1 Å². The molecule has 4 heteroatoms. The first kappa shape index (κ1) is 11.2. The van der Waals surface area contributed by atoms with Gasteiger partial charge in [0.1, 0.15) is 0 Å². The van der Waals surface area contributed by atoms with Crippen molar-refractivity contribution in [2.24, 2.45) is 7.05 Å². The minimum absolute atomic E-state index is 0.406. The van der Waals surface area contributed by atoms with Crippen LogP contribution >= 0.6 is 0 Å². The van der Waals surface area contributed by atoms with Crippen molar-refractivity contribution in [3.05, 3.63) is 36.3 Å². The third kappa shape index (κ3) is 2.80. The zero-order valence-electron chi connectivity index (χ0n) is 9.10. The van der Waals surface area contributed by atoms with Gasteiger partial charge < -0.3 is 9.47 Å². The number of aryl methyl sites for hydroxylation is 1. The predicted molar refractivity (Wildman–Crippen MR) is 57.6 cm³/mol. The first-order valence-corrected chi connectivity index (χ1v) is 4.57. The summed E-state index contributed by atoms with van der Waals surface area (Å²) in [6.07, 6.45) is 4.56. The summed E-state index contributed by atoms with van der Waals surface area (Å²) >= 11 is 0. The van der Waals surface area contributed by atoms with E-state index in [-0.39, 0.29) is 0 Å². The fourth-order valence-electron chi connectivity index (χ4n) is 1.12. The Balaban J connectivity index is 2.79. The van der Waals surface area contributed by atoms with Crippen molar-refractivity contribution >= 4 is 11.6 Å². The molecular weight excluding hydrogens is 192 g/mol. The van der Waals surface area contributed by atoms with Crippen molar-refractivity contribution in [2.45, 2.75) is 0 Å². The molecule has 1 aromatic heterocycles. The Morgan fingerprint density at radius 2 is 2.07 bits per heavy atom. The molecule has 0 N–H and O–H groups in total. The zero-order valence-corrected chi connectivity index (χ0v) is 9.10. The summed E-state index contributed by atoms with van der Waals surface area (Å²) in [5.74, 6) is -0.994. The number of ketones is 2. The Morgan fingerprint density at radius 3 is 2.53 bits per heavy atom. The molecule has 0 bridgehead atoms. The van der Waals surface area contributed by atoms with Gasteiger partial charge in [-0.2, -0.15) is 0 Å².